The molecule has 0 spiro atoms. The van der Waals surface area contributed by atoms with Gasteiger partial charge in [0.25, 0.3) is 5.91 Å². The van der Waals surface area contributed by atoms with Crippen LogP contribution in [0.15, 0.2) is 24.0 Å². The van der Waals surface area contributed by atoms with Gasteiger partial charge in [-0.05, 0) is 13.0 Å². The molecule has 0 radical (unpaired) electrons. The van der Waals surface area contributed by atoms with Gasteiger partial charge in [-0.1, -0.05) is 0 Å². The SMILES string of the molecule is Cc1nc(C2COCCN2C(=O)c2ccncn2)cs1. The zero-order chi connectivity index (χ0) is 13.9. The van der Waals surface area contributed by atoms with Crippen LogP contribution in [-0.2, 0) is 4.74 Å². The Kier molecular flexibility index (Phi) is 3.70. The number of rotatable bonds is 2. The predicted molar refractivity (Wildman–Crippen MR) is 73.5 cm³/mol. The van der Waals surface area contributed by atoms with Gasteiger partial charge in [-0.3, -0.25) is 4.79 Å². The maximum Gasteiger partial charge on any atom is 0.273 e. The maximum atomic E-state index is 12.5. The number of amides is 1. The van der Waals surface area contributed by atoms with Crippen LogP contribution >= 0.6 is 11.3 Å². The summed E-state index contributed by atoms with van der Waals surface area (Å²) in [5.41, 5.74) is 1.29. The Morgan fingerprint density at radius 3 is 3.15 bits per heavy atom. The van der Waals surface area contributed by atoms with Gasteiger partial charge in [-0.15, -0.1) is 11.3 Å². The number of carbonyl (C=O) groups is 1. The van der Waals surface area contributed by atoms with Crippen molar-refractivity contribution in [3.63, 3.8) is 0 Å². The van der Waals surface area contributed by atoms with Gasteiger partial charge < -0.3 is 9.64 Å². The Bertz CT molecular complexity index is 601. The second-order valence-corrected chi connectivity index (χ2v) is 5.54. The molecule has 1 aliphatic rings. The molecule has 1 unspecified atom stereocenters. The molecule has 0 aromatic carbocycles. The van der Waals surface area contributed by atoms with E-state index < -0.39 is 0 Å². The Labute approximate surface area is 120 Å². The molecule has 104 valence electrons. The van der Waals surface area contributed by atoms with Gasteiger partial charge >= 0.3 is 0 Å². The van der Waals surface area contributed by atoms with E-state index in [0.717, 1.165) is 10.7 Å². The summed E-state index contributed by atoms with van der Waals surface area (Å²) in [6.45, 7) is 3.51. The molecule has 2 aromatic rings. The highest BCUT2D eigenvalue weighted by Crippen LogP contribution is 2.26. The van der Waals surface area contributed by atoms with E-state index in [4.69, 9.17) is 4.74 Å². The van der Waals surface area contributed by atoms with Crippen molar-refractivity contribution in [1.29, 1.82) is 0 Å². The molecular formula is C13H14N4O2S. The molecular weight excluding hydrogens is 276 g/mol. The van der Waals surface area contributed by atoms with Gasteiger partial charge in [0.15, 0.2) is 0 Å². The molecule has 2 aromatic heterocycles. The van der Waals surface area contributed by atoms with Crippen LogP contribution in [0.5, 0.6) is 0 Å². The van der Waals surface area contributed by atoms with Crippen molar-refractivity contribution in [3.05, 3.63) is 40.4 Å². The molecule has 0 N–H and O–H groups in total. The summed E-state index contributed by atoms with van der Waals surface area (Å²) < 4.78 is 5.50. The minimum absolute atomic E-state index is 0.105. The first-order chi connectivity index (χ1) is 9.75. The van der Waals surface area contributed by atoms with Crippen molar-refractivity contribution in [2.45, 2.75) is 13.0 Å². The number of nitrogens with zero attached hydrogens (tertiary/aromatic N) is 4. The molecule has 0 aliphatic carbocycles. The minimum Gasteiger partial charge on any atom is -0.377 e. The maximum absolute atomic E-state index is 12.5. The second-order valence-electron chi connectivity index (χ2n) is 4.48. The number of hydrogen-bond acceptors (Lipinski definition) is 6. The highest BCUT2D eigenvalue weighted by molar-refractivity contribution is 7.09. The van der Waals surface area contributed by atoms with E-state index in [1.165, 1.54) is 6.33 Å². The lowest BCUT2D eigenvalue weighted by Gasteiger charge is -2.34. The second kappa shape index (κ2) is 5.64. The van der Waals surface area contributed by atoms with Crippen LogP contribution in [0.25, 0.3) is 0 Å². The predicted octanol–water partition coefficient (Wildman–Crippen LogP) is 1.46. The Hall–Kier alpha value is -1.86. The van der Waals surface area contributed by atoms with E-state index >= 15 is 0 Å². The Balaban J connectivity index is 1.87. The molecule has 1 saturated heterocycles. The zero-order valence-electron chi connectivity index (χ0n) is 11.0. The van der Waals surface area contributed by atoms with E-state index in [9.17, 15) is 4.79 Å². The molecule has 1 amide bonds. The molecule has 1 fully saturated rings. The summed E-state index contributed by atoms with van der Waals surface area (Å²) in [6, 6.07) is 1.48. The molecule has 3 heterocycles. The monoisotopic (exact) mass is 290 g/mol. The zero-order valence-corrected chi connectivity index (χ0v) is 11.8. The third kappa shape index (κ3) is 2.54. The van der Waals surface area contributed by atoms with Gasteiger partial charge in [0.1, 0.15) is 12.0 Å². The first kappa shape index (κ1) is 13.1. The van der Waals surface area contributed by atoms with Crippen molar-refractivity contribution >= 4 is 17.2 Å². The topological polar surface area (TPSA) is 68.2 Å². The highest BCUT2D eigenvalue weighted by atomic mass is 32.1. The molecule has 0 bridgehead atoms. The minimum atomic E-state index is -0.142. The quantitative estimate of drug-likeness (QED) is 0.837. The molecule has 1 atom stereocenters. The number of carbonyl (C=O) groups excluding carboxylic acids is 1. The van der Waals surface area contributed by atoms with Crippen molar-refractivity contribution < 1.29 is 9.53 Å². The third-order valence-corrected chi connectivity index (χ3v) is 3.96. The van der Waals surface area contributed by atoms with E-state index in [1.807, 2.05) is 12.3 Å². The largest absolute Gasteiger partial charge is 0.377 e. The third-order valence-electron chi connectivity index (χ3n) is 3.17. The molecule has 3 rings (SSSR count). The van der Waals surface area contributed by atoms with Crippen LogP contribution in [0.4, 0.5) is 0 Å². The van der Waals surface area contributed by atoms with Crippen molar-refractivity contribution in [1.82, 2.24) is 19.9 Å². The number of hydrogen-bond donors (Lipinski definition) is 0. The number of aryl methyl sites for hydroxylation is 1. The van der Waals surface area contributed by atoms with Gasteiger partial charge in [0.2, 0.25) is 0 Å². The normalized spacial score (nSPS) is 19.1. The molecule has 1 aliphatic heterocycles. The molecule has 7 heteroatoms. The smallest absolute Gasteiger partial charge is 0.273 e. The van der Waals surface area contributed by atoms with Crippen LogP contribution in [0.2, 0.25) is 0 Å². The summed E-state index contributed by atoms with van der Waals surface area (Å²) in [5, 5.41) is 2.97. The number of ether oxygens (including phenoxy) is 1. The summed E-state index contributed by atoms with van der Waals surface area (Å²) >= 11 is 1.58. The first-order valence-corrected chi connectivity index (χ1v) is 7.20. The lowest BCUT2D eigenvalue weighted by Crippen LogP contribution is -2.43. The fourth-order valence-electron chi connectivity index (χ4n) is 2.19. The fourth-order valence-corrected chi connectivity index (χ4v) is 2.85. The van der Waals surface area contributed by atoms with Crippen molar-refractivity contribution in [3.8, 4) is 0 Å². The summed E-state index contributed by atoms with van der Waals surface area (Å²) in [5.74, 6) is -0.105. The van der Waals surface area contributed by atoms with E-state index in [-0.39, 0.29) is 11.9 Å². The van der Waals surface area contributed by atoms with E-state index in [0.29, 0.717) is 25.5 Å². The number of thiazole rings is 1. The molecule has 0 saturated carbocycles. The Morgan fingerprint density at radius 1 is 1.55 bits per heavy atom. The molecule has 20 heavy (non-hydrogen) atoms. The van der Waals surface area contributed by atoms with Crippen LogP contribution in [-0.4, -0.2) is 45.5 Å². The summed E-state index contributed by atoms with van der Waals surface area (Å²) in [7, 11) is 0. The van der Waals surface area contributed by atoms with Crippen LogP contribution in [0.1, 0.15) is 27.2 Å². The Morgan fingerprint density at radius 2 is 2.45 bits per heavy atom. The summed E-state index contributed by atoms with van der Waals surface area (Å²) in [6.07, 6.45) is 2.96. The average molecular weight is 290 g/mol. The van der Waals surface area contributed by atoms with Crippen LogP contribution in [0, 0.1) is 6.92 Å². The van der Waals surface area contributed by atoms with Crippen molar-refractivity contribution in [2.75, 3.05) is 19.8 Å². The summed E-state index contributed by atoms with van der Waals surface area (Å²) in [4.78, 5) is 26.7. The van der Waals surface area contributed by atoms with Crippen LogP contribution in [0.3, 0.4) is 0 Å². The van der Waals surface area contributed by atoms with Gasteiger partial charge in [0, 0.05) is 18.1 Å². The average Bonchev–Trinajstić information content (AvgIpc) is 2.94. The van der Waals surface area contributed by atoms with E-state index in [1.54, 1.807) is 28.5 Å². The lowest BCUT2D eigenvalue weighted by atomic mass is 10.1. The molecule has 6 nitrogen and oxygen atoms in total. The standard InChI is InChI=1S/C13H14N4O2S/c1-9-16-11(7-20-9)12-6-19-5-4-17(12)13(18)10-2-3-14-8-15-10/h2-3,7-8,12H,4-6H2,1H3. The fraction of sp³-hybridized carbons (Fsp3) is 0.385. The van der Waals surface area contributed by atoms with Crippen LogP contribution < -0.4 is 0 Å². The van der Waals surface area contributed by atoms with E-state index in [2.05, 4.69) is 15.0 Å². The van der Waals surface area contributed by atoms with Gasteiger partial charge in [-0.2, -0.15) is 0 Å². The lowest BCUT2D eigenvalue weighted by molar-refractivity contribution is -0.00408. The first-order valence-electron chi connectivity index (χ1n) is 6.32. The highest BCUT2D eigenvalue weighted by Gasteiger charge is 2.31. The van der Waals surface area contributed by atoms with Gasteiger partial charge in [0.05, 0.1) is 30.0 Å². The van der Waals surface area contributed by atoms with Crippen molar-refractivity contribution in [2.24, 2.45) is 0 Å². The number of morpholine rings is 1. The van der Waals surface area contributed by atoms with Gasteiger partial charge in [-0.25, -0.2) is 15.0 Å². The number of aromatic nitrogens is 3.